The molecule has 0 amide bonds. The minimum Gasteiger partial charge on any atom is -0.478 e. The molecule has 5 nitrogen and oxygen atoms in total. The van der Waals surface area contributed by atoms with Gasteiger partial charge in [0.05, 0.1) is 5.56 Å². The van der Waals surface area contributed by atoms with E-state index in [1.54, 1.807) is 6.07 Å². The van der Waals surface area contributed by atoms with Crippen molar-refractivity contribution in [2.75, 3.05) is 0 Å². The maximum absolute atomic E-state index is 10.9. The van der Waals surface area contributed by atoms with Gasteiger partial charge in [-0.15, -0.1) is 0 Å². The first kappa shape index (κ1) is 13.0. The van der Waals surface area contributed by atoms with Crippen molar-refractivity contribution >= 4 is 17.1 Å². The summed E-state index contributed by atoms with van der Waals surface area (Å²) in [6.45, 7) is 2.22. The summed E-state index contributed by atoms with van der Waals surface area (Å²) in [5.41, 5.74) is 1.25. The van der Waals surface area contributed by atoms with Crippen LogP contribution in [0.5, 0.6) is 6.08 Å². The quantitative estimate of drug-likeness (QED) is 0.928. The molecule has 1 aromatic heterocycles. The minimum atomic E-state index is -0.980. The second-order valence-electron chi connectivity index (χ2n) is 5.48. The van der Waals surface area contributed by atoms with Crippen LogP contribution < -0.4 is 4.74 Å². The van der Waals surface area contributed by atoms with Crippen LogP contribution in [0, 0.1) is 5.92 Å². The van der Waals surface area contributed by atoms with E-state index in [-0.39, 0.29) is 17.7 Å². The first-order chi connectivity index (χ1) is 9.61. The molecule has 2 atom stereocenters. The maximum Gasteiger partial charge on any atom is 0.394 e. The van der Waals surface area contributed by atoms with Gasteiger partial charge >= 0.3 is 12.0 Å². The number of hydrogen-bond acceptors (Lipinski definition) is 4. The predicted molar refractivity (Wildman–Crippen MR) is 73.0 cm³/mol. The molecule has 2 aromatic rings. The smallest absolute Gasteiger partial charge is 0.394 e. The number of oxazole rings is 1. The van der Waals surface area contributed by atoms with Gasteiger partial charge in [0.2, 0.25) is 0 Å². The lowest BCUT2D eigenvalue weighted by molar-refractivity contribution is 0.0696. The molecule has 1 fully saturated rings. The molecule has 1 heterocycles. The molecule has 106 valence electrons. The highest BCUT2D eigenvalue weighted by atomic mass is 16.6. The minimum absolute atomic E-state index is 0.144. The molecule has 1 saturated carbocycles. The number of ether oxygens (including phenoxy) is 1. The van der Waals surface area contributed by atoms with E-state index in [1.165, 1.54) is 18.6 Å². The largest absolute Gasteiger partial charge is 0.478 e. The molecule has 0 radical (unpaired) electrons. The average molecular weight is 275 g/mol. The number of carboxylic acid groups (broad SMARTS) is 1. The molecule has 20 heavy (non-hydrogen) atoms. The molecule has 1 N–H and O–H groups in total. The highest BCUT2D eigenvalue weighted by Crippen LogP contribution is 2.29. The SMILES string of the molecule is CC1CCCC(Oc2nc3ccc(C(=O)O)cc3o2)C1. The van der Waals surface area contributed by atoms with Gasteiger partial charge in [-0.25, -0.2) is 4.79 Å². The number of hydrogen-bond donors (Lipinski definition) is 1. The van der Waals surface area contributed by atoms with E-state index in [9.17, 15) is 4.79 Å². The summed E-state index contributed by atoms with van der Waals surface area (Å²) in [5, 5.41) is 8.95. The Kier molecular flexibility index (Phi) is 3.34. The van der Waals surface area contributed by atoms with E-state index in [0.29, 0.717) is 17.0 Å². The Balaban J connectivity index is 1.80. The van der Waals surface area contributed by atoms with Crippen molar-refractivity contribution in [3.8, 4) is 6.08 Å². The van der Waals surface area contributed by atoms with Crippen molar-refractivity contribution in [3.05, 3.63) is 23.8 Å². The van der Waals surface area contributed by atoms with Gasteiger partial charge in [-0.1, -0.05) is 13.3 Å². The molecule has 3 rings (SSSR count). The van der Waals surface area contributed by atoms with Gasteiger partial charge in [0.25, 0.3) is 0 Å². The van der Waals surface area contributed by atoms with Crippen molar-refractivity contribution in [3.63, 3.8) is 0 Å². The number of aromatic nitrogens is 1. The highest BCUT2D eigenvalue weighted by molar-refractivity contribution is 5.91. The van der Waals surface area contributed by atoms with Crippen LogP contribution in [0.15, 0.2) is 22.6 Å². The van der Waals surface area contributed by atoms with Gasteiger partial charge in [-0.2, -0.15) is 4.98 Å². The molecular weight excluding hydrogens is 258 g/mol. The van der Waals surface area contributed by atoms with Crippen LogP contribution in [-0.4, -0.2) is 22.2 Å². The zero-order chi connectivity index (χ0) is 14.1. The van der Waals surface area contributed by atoms with Gasteiger partial charge in [0.15, 0.2) is 5.58 Å². The summed E-state index contributed by atoms with van der Waals surface area (Å²) in [5.74, 6) is -0.316. The zero-order valence-electron chi connectivity index (χ0n) is 11.3. The molecule has 1 aliphatic carbocycles. The lowest BCUT2D eigenvalue weighted by atomic mass is 9.89. The van der Waals surface area contributed by atoms with Crippen LogP contribution in [0.2, 0.25) is 0 Å². The second-order valence-corrected chi connectivity index (χ2v) is 5.48. The van der Waals surface area contributed by atoms with Crippen LogP contribution >= 0.6 is 0 Å². The van der Waals surface area contributed by atoms with Crippen molar-refractivity contribution in [2.24, 2.45) is 5.92 Å². The number of carbonyl (C=O) groups is 1. The molecule has 1 aliphatic rings. The zero-order valence-corrected chi connectivity index (χ0v) is 11.3. The third-order valence-corrected chi connectivity index (χ3v) is 3.77. The Labute approximate surface area is 116 Å². The third-order valence-electron chi connectivity index (χ3n) is 3.77. The molecule has 5 heteroatoms. The number of nitrogens with zero attached hydrogens (tertiary/aromatic N) is 1. The Morgan fingerprint density at radius 3 is 3.05 bits per heavy atom. The summed E-state index contributed by atoms with van der Waals surface area (Å²) in [4.78, 5) is 15.2. The fourth-order valence-corrected chi connectivity index (χ4v) is 2.72. The molecule has 0 aliphatic heterocycles. The van der Waals surface area contributed by atoms with E-state index < -0.39 is 5.97 Å². The molecule has 0 saturated heterocycles. The second kappa shape index (κ2) is 5.15. The van der Waals surface area contributed by atoms with Gasteiger partial charge in [-0.3, -0.25) is 0 Å². The van der Waals surface area contributed by atoms with Crippen LogP contribution in [0.3, 0.4) is 0 Å². The monoisotopic (exact) mass is 275 g/mol. The Bertz CT molecular complexity index is 634. The summed E-state index contributed by atoms with van der Waals surface area (Å²) in [7, 11) is 0. The van der Waals surface area contributed by atoms with Gasteiger partial charge < -0.3 is 14.3 Å². The van der Waals surface area contributed by atoms with Crippen LogP contribution in [0.25, 0.3) is 11.1 Å². The van der Waals surface area contributed by atoms with Crippen LogP contribution in [-0.2, 0) is 0 Å². The van der Waals surface area contributed by atoms with E-state index in [0.717, 1.165) is 19.3 Å². The maximum atomic E-state index is 10.9. The topological polar surface area (TPSA) is 72.6 Å². The molecule has 0 bridgehead atoms. The third kappa shape index (κ3) is 2.61. The van der Waals surface area contributed by atoms with Crippen molar-refractivity contribution in [1.29, 1.82) is 0 Å². The lowest BCUT2D eigenvalue weighted by Gasteiger charge is -2.25. The fourth-order valence-electron chi connectivity index (χ4n) is 2.72. The van der Waals surface area contributed by atoms with E-state index >= 15 is 0 Å². The van der Waals surface area contributed by atoms with Crippen LogP contribution in [0.1, 0.15) is 43.0 Å². The fraction of sp³-hybridized carbons (Fsp3) is 0.467. The van der Waals surface area contributed by atoms with E-state index in [1.807, 2.05) is 0 Å². The normalized spacial score (nSPS) is 22.9. The van der Waals surface area contributed by atoms with Crippen molar-refractivity contribution < 1.29 is 19.1 Å². The standard InChI is InChI=1S/C15H17NO4/c1-9-3-2-4-11(7-9)19-15-16-12-6-5-10(14(17)18)8-13(12)20-15/h5-6,8-9,11H,2-4,7H2,1H3,(H,17,18). The summed E-state index contributed by atoms with van der Waals surface area (Å²) in [6, 6.07) is 4.62. The average Bonchev–Trinajstić information content (AvgIpc) is 2.79. The van der Waals surface area contributed by atoms with Gasteiger partial charge in [0.1, 0.15) is 11.6 Å². The predicted octanol–water partition coefficient (Wildman–Crippen LogP) is 3.48. The number of benzene rings is 1. The highest BCUT2D eigenvalue weighted by Gasteiger charge is 2.22. The van der Waals surface area contributed by atoms with Crippen LogP contribution in [0.4, 0.5) is 0 Å². The van der Waals surface area contributed by atoms with Crippen molar-refractivity contribution in [2.45, 2.75) is 38.7 Å². The van der Waals surface area contributed by atoms with E-state index in [4.69, 9.17) is 14.3 Å². The Morgan fingerprint density at radius 1 is 1.45 bits per heavy atom. The number of fused-ring (bicyclic) bond motifs is 1. The Morgan fingerprint density at radius 2 is 2.30 bits per heavy atom. The summed E-state index contributed by atoms with van der Waals surface area (Å²) < 4.78 is 11.3. The van der Waals surface area contributed by atoms with E-state index in [2.05, 4.69) is 11.9 Å². The van der Waals surface area contributed by atoms with Gasteiger partial charge in [0, 0.05) is 0 Å². The Hall–Kier alpha value is -2.04. The number of aromatic carboxylic acids is 1. The summed E-state index contributed by atoms with van der Waals surface area (Å²) >= 11 is 0. The molecule has 2 unspecified atom stereocenters. The molecule has 0 spiro atoms. The summed E-state index contributed by atoms with van der Waals surface area (Å²) in [6.07, 6.45) is 4.82. The first-order valence-corrected chi connectivity index (χ1v) is 6.92. The van der Waals surface area contributed by atoms with Gasteiger partial charge in [-0.05, 0) is 43.4 Å². The number of rotatable bonds is 3. The molecular formula is C15H17NO4. The molecule has 1 aromatic carbocycles. The number of carboxylic acids is 1. The van der Waals surface area contributed by atoms with Crippen molar-refractivity contribution in [1.82, 2.24) is 4.98 Å². The lowest BCUT2D eigenvalue weighted by Crippen LogP contribution is -2.24. The first-order valence-electron chi connectivity index (χ1n) is 6.92.